The molecule has 0 aromatic carbocycles. The summed E-state index contributed by atoms with van der Waals surface area (Å²) in [4.78, 5) is 13.6. The molecule has 0 aliphatic carbocycles. The zero-order valence-corrected chi connectivity index (χ0v) is 10.0. The molecule has 0 radical (unpaired) electrons. The Balaban J connectivity index is 2.54. The molecule has 1 fully saturated rings. The van der Waals surface area contributed by atoms with Crippen LogP contribution >= 0.6 is 0 Å². The van der Waals surface area contributed by atoms with Crippen LogP contribution in [0.2, 0.25) is 0 Å². The number of hydrogen-bond donors (Lipinski definition) is 2. The lowest BCUT2D eigenvalue weighted by atomic mass is 10.0. The number of hydrogen-bond acceptors (Lipinski definition) is 3. The molecule has 1 amide bonds. The molecule has 0 saturated carbocycles. The van der Waals surface area contributed by atoms with Crippen LogP contribution in [0.4, 0.5) is 0 Å². The van der Waals surface area contributed by atoms with E-state index >= 15 is 0 Å². The van der Waals surface area contributed by atoms with E-state index in [9.17, 15) is 4.79 Å². The number of nitrogens with zero attached hydrogens (tertiary/aromatic N) is 1. The van der Waals surface area contributed by atoms with E-state index in [1.54, 1.807) is 0 Å². The minimum absolute atomic E-state index is 0.211. The van der Waals surface area contributed by atoms with Crippen molar-refractivity contribution in [1.29, 1.82) is 0 Å². The van der Waals surface area contributed by atoms with Gasteiger partial charge in [-0.05, 0) is 39.8 Å². The van der Waals surface area contributed by atoms with Gasteiger partial charge < -0.3 is 11.1 Å². The fourth-order valence-electron chi connectivity index (χ4n) is 2.22. The van der Waals surface area contributed by atoms with Crippen molar-refractivity contribution < 1.29 is 4.79 Å². The van der Waals surface area contributed by atoms with E-state index in [0.717, 1.165) is 19.6 Å². The Morgan fingerprint density at radius 2 is 2.27 bits per heavy atom. The van der Waals surface area contributed by atoms with E-state index in [-0.39, 0.29) is 17.5 Å². The predicted octanol–water partition coefficient (Wildman–Crippen LogP) is 0.324. The highest BCUT2D eigenvalue weighted by Crippen LogP contribution is 2.27. The largest absolute Gasteiger partial charge is 0.368 e. The molecular weight excluding hydrogens is 190 g/mol. The Labute approximate surface area is 92.2 Å². The minimum Gasteiger partial charge on any atom is -0.368 e. The first-order chi connectivity index (χ1) is 6.97. The van der Waals surface area contributed by atoms with Crippen LogP contribution in [0.25, 0.3) is 0 Å². The van der Waals surface area contributed by atoms with Crippen LogP contribution in [-0.2, 0) is 4.79 Å². The zero-order valence-electron chi connectivity index (χ0n) is 10.0. The third-order valence-electron chi connectivity index (χ3n) is 3.27. The Morgan fingerprint density at radius 3 is 2.67 bits per heavy atom. The van der Waals surface area contributed by atoms with Gasteiger partial charge in [-0.15, -0.1) is 0 Å². The molecule has 1 aliphatic heterocycles. The summed E-state index contributed by atoms with van der Waals surface area (Å²) in [5.74, 6) is -0.250. The quantitative estimate of drug-likeness (QED) is 0.691. The van der Waals surface area contributed by atoms with Gasteiger partial charge in [0.2, 0.25) is 5.91 Å². The maximum atomic E-state index is 11.2. The number of likely N-dealkylation sites (tertiary alicyclic amines) is 1. The van der Waals surface area contributed by atoms with Crippen molar-refractivity contribution >= 4 is 5.91 Å². The lowest BCUT2D eigenvalue weighted by Crippen LogP contribution is -2.52. The van der Waals surface area contributed by atoms with Gasteiger partial charge >= 0.3 is 0 Å². The molecule has 3 N–H and O–H groups in total. The van der Waals surface area contributed by atoms with E-state index in [0.29, 0.717) is 0 Å². The highest BCUT2D eigenvalue weighted by Gasteiger charge is 2.33. The Hall–Kier alpha value is -0.610. The van der Waals surface area contributed by atoms with Gasteiger partial charge in [-0.2, -0.15) is 0 Å². The molecular formula is C11H23N3O. The van der Waals surface area contributed by atoms with Crippen molar-refractivity contribution in [3.8, 4) is 0 Å². The molecule has 88 valence electrons. The molecule has 1 rings (SSSR count). The summed E-state index contributed by atoms with van der Waals surface area (Å²) in [6, 6.07) is -0.215. The molecule has 1 atom stereocenters. The first-order valence-corrected chi connectivity index (χ1v) is 5.75. The number of likely N-dealkylation sites (N-methyl/N-ethyl adjacent to an activating group) is 1. The molecule has 4 nitrogen and oxygen atoms in total. The van der Waals surface area contributed by atoms with Crippen LogP contribution in [0.3, 0.4) is 0 Å². The van der Waals surface area contributed by atoms with Crippen molar-refractivity contribution in [1.82, 2.24) is 10.2 Å². The van der Waals surface area contributed by atoms with Crippen LogP contribution in [0, 0.1) is 0 Å². The number of nitrogens with one attached hydrogen (secondary N) is 1. The fraction of sp³-hybridized carbons (Fsp3) is 0.909. The van der Waals surface area contributed by atoms with Gasteiger partial charge in [-0.25, -0.2) is 0 Å². The van der Waals surface area contributed by atoms with Crippen molar-refractivity contribution in [2.24, 2.45) is 5.73 Å². The number of primary amides is 1. The fourth-order valence-corrected chi connectivity index (χ4v) is 2.22. The molecule has 0 spiro atoms. The summed E-state index contributed by atoms with van der Waals surface area (Å²) >= 11 is 0. The van der Waals surface area contributed by atoms with Gasteiger partial charge in [0.1, 0.15) is 0 Å². The van der Waals surface area contributed by atoms with Crippen molar-refractivity contribution in [2.45, 2.75) is 45.2 Å². The third kappa shape index (κ3) is 3.18. The lowest BCUT2D eigenvalue weighted by Gasteiger charge is -2.33. The summed E-state index contributed by atoms with van der Waals surface area (Å²) in [7, 11) is 0. The van der Waals surface area contributed by atoms with Gasteiger partial charge in [-0.3, -0.25) is 9.69 Å². The summed E-state index contributed by atoms with van der Waals surface area (Å²) in [5.41, 5.74) is 5.57. The monoisotopic (exact) mass is 213 g/mol. The number of carbonyl (C=O) groups is 1. The second kappa shape index (κ2) is 4.94. The normalized spacial score (nSPS) is 22.9. The zero-order chi connectivity index (χ0) is 11.5. The molecule has 1 unspecified atom stereocenters. The van der Waals surface area contributed by atoms with E-state index in [1.165, 1.54) is 12.8 Å². The van der Waals surface area contributed by atoms with Gasteiger partial charge in [0.15, 0.2) is 0 Å². The second-order valence-electron chi connectivity index (χ2n) is 4.87. The molecule has 4 heteroatoms. The molecule has 1 heterocycles. The number of nitrogens with two attached hydrogens (primary N) is 1. The maximum absolute atomic E-state index is 11.2. The van der Waals surface area contributed by atoms with Gasteiger partial charge in [0.05, 0.1) is 6.04 Å². The smallest absolute Gasteiger partial charge is 0.235 e. The molecule has 0 aromatic heterocycles. The predicted molar refractivity (Wildman–Crippen MR) is 61.5 cm³/mol. The van der Waals surface area contributed by atoms with Crippen LogP contribution in [-0.4, -0.2) is 42.0 Å². The standard InChI is InChI=1S/C11H23N3O/c1-4-13-9(10(12)15)8-14-7-5-6-11(14,2)3/h9,13H,4-8H2,1-3H3,(H2,12,15). The van der Waals surface area contributed by atoms with Crippen molar-refractivity contribution in [3.05, 3.63) is 0 Å². The van der Waals surface area contributed by atoms with Crippen LogP contribution in [0.15, 0.2) is 0 Å². The maximum Gasteiger partial charge on any atom is 0.235 e. The van der Waals surface area contributed by atoms with Gasteiger partial charge in [0.25, 0.3) is 0 Å². The Kier molecular flexibility index (Phi) is 4.11. The molecule has 1 saturated heterocycles. The third-order valence-corrected chi connectivity index (χ3v) is 3.27. The van der Waals surface area contributed by atoms with Crippen molar-refractivity contribution in [2.75, 3.05) is 19.6 Å². The average Bonchev–Trinajstić information content (AvgIpc) is 2.45. The van der Waals surface area contributed by atoms with Crippen LogP contribution in [0.5, 0.6) is 0 Å². The average molecular weight is 213 g/mol. The number of rotatable bonds is 5. The molecule has 15 heavy (non-hydrogen) atoms. The molecule has 0 bridgehead atoms. The highest BCUT2D eigenvalue weighted by atomic mass is 16.1. The Morgan fingerprint density at radius 1 is 1.60 bits per heavy atom. The summed E-state index contributed by atoms with van der Waals surface area (Å²) < 4.78 is 0. The van der Waals surface area contributed by atoms with Gasteiger partial charge in [-0.1, -0.05) is 6.92 Å². The second-order valence-corrected chi connectivity index (χ2v) is 4.87. The van der Waals surface area contributed by atoms with Crippen molar-refractivity contribution in [3.63, 3.8) is 0 Å². The van der Waals surface area contributed by atoms with Crippen LogP contribution in [0.1, 0.15) is 33.6 Å². The van der Waals surface area contributed by atoms with E-state index in [1.807, 2.05) is 6.92 Å². The van der Waals surface area contributed by atoms with Gasteiger partial charge in [0, 0.05) is 12.1 Å². The first-order valence-electron chi connectivity index (χ1n) is 5.75. The van der Waals surface area contributed by atoms with Crippen LogP contribution < -0.4 is 11.1 Å². The van der Waals surface area contributed by atoms with E-state index < -0.39 is 0 Å². The molecule has 1 aliphatic rings. The van der Waals surface area contributed by atoms with E-state index in [2.05, 4.69) is 24.1 Å². The number of amides is 1. The lowest BCUT2D eigenvalue weighted by molar-refractivity contribution is -0.120. The Bertz CT molecular complexity index is 228. The topological polar surface area (TPSA) is 58.4 Å². The first kappa shape index (κ1) is 12.5. The highest BCUT2D eigenvalue weighted by molar-refractivity contribution is 5.80. The summed E-state index contributed by atoms with van der Waals surface area (Å²) in [6.07, 6.45) is 2.41. The van der Waals surface area contributed by atoms with E-state index in [4.69, 9.17) is 5.73 Å². The molecule has 0 aromatic rings. The summed E-state index contributed by atoms with van der Waals surface area (Å²) in [5, 5.41) is 3.13. The minimum atomic E-state index is -0.250. The SMILES string of the molecule is CCNC(CN1CCCC1(C)C)C(N)=O. The summed E-state index contributed by atoms with van der Waals surface area (Å²) in [6.45, 7) is 9.03. The number of carbonyl (C=O) groups excluding carboxylic acids is 1.